The van der Waals surface area contributed by atoms with Gasteiger partial charge in [-0.15, -0.1) is 0 Å². The molecule has 0 radical (unpaired) electrons. The second-order valence-corrected chi connectivity index (χ2v) is 9.76. The van der Waals surface area contributed by atoms with E-state index < -0.39 is 9.04 Å². The molecule has 1 aliphatic carbocycles. The van der Waals surface area contributed by atoms with Gasteiger partial charge in [0.25, 0.3) is 0 Å². The van der Waals surface area contributed by atoms with Crippen molar-refractivity contribution in [2.24, 2.45) is 11.3 Å². The van der Waals surface area contributed by atoms with Crippen molar-refractivity contribution < 1.29 is 4.43 Å². The van der Waals surface area contributed by atoms with Crippen molar-refractivity contribution in [2.75, 3.05) is 0 Å². The van der Waals surface area contributed by atoms with Gasteiger partial charge in [-0.1, -0.05) is 40.0 Å². The number of hydrogen-bond acceptors (Lipinski definition) is 1. The van der Waals surface area contributed by atoms with Crippen molar-refractivity contribution in [1.29, 1.82) is 0 Å². The van der Waals surface area contributed by atoms with Crippen molar-refractivity contribution >= 4 is 9.04 Å². The molecular formula is C17H34OSi. The van der Waals surface area contributed by atoms with Crippen molar-refractivity contribution in [2.45, 2.75) is 85.2 Å². The summed E-state index contributed by atoms with van der Waals surface area (Å²) in [5.41, 5.74) is 0.454. The van der Waals surface area contributed by atoms with Crippen LogP contribution < -0.4 is 0 Å². The SMILES string of the molecule is C[SiH](C)O/C1=C/CCC(C(C)(C)C)CCCCCC1. The normalized spacial score (nSPS) is 26.4. The fourth-order valence-electron chi connectivity index (χ4n) is 3.01. The van der Waals surface area contributed by atoms with Crippen molar-refractivity contribution in [3.63, 3.8) is 0 Å². The molecule has 0 bridgehead atoms. The molecule has 112 valence electrons. The van der Waals surface area contributed by atoms with E-state index in [0.29, 0.717) is 5.41 Å². The third kappa shape index (κ3) is 7.19. The summed E-state index contributed by atoms with van der Waals surface area (Å²) in [6.45, 7) is 11.7. The minimum atomic E-state index is -0.933. The highest BCUT2D eigenvalue weighted by Gasteiger charge is 2.23. The van der Waals surface area contributed by atoms with Crippen LogP contribution >= 0.6 is 0 Å². The second-order valence-electron chi connectivity index (χ2n) is 7.43. The molecule has 0 spiro atoms. The summed E-state index contributed by atoms with van der Waals surface area (Å²) in [6.07, 6.45) is 13.0. The molecule has 0 saturated heterocycles. The lowest BCUT2D eigenvalue weighted by Crippen LogP contribution is -2.20. The maximum absolute atomic E-state index is 6.08. The molecule has 0 aliphatic heterocycles. The van der Waals surface area contributed by atoms with Gasteiger partial charge in [0.15, 0.2) is 0 Å². The highest BCUT2D eigenvalue weighted by atomic mass is 28.3. The molecule has 1 unspecified atom stereocenters. The molecule has 0 heterocycles. The smallest absolute Gasteiger partial charge is 0.229 e. The molecule has 0 aromatic carbocycles. The zero-order chi connectivity index (χ0) is 14.3. The van der Waals surface area contributed by atoms with Crippen molar-refractivity contribution in [3.05, 3.63) is 11.8 Å². The zero-order valence-electron chi connectivity index (χ0n) is 13.8. The largest absolute Gasteiger partial charge is 0.550 e. The molecule has 1 atom stereocenters. The van der Waals surface area contributed by atoms with Crippen LogP contribution in [0.5, 0.6) is 0 Å². The van der Waals surface area contributed by atoms with E-state index in [0.717, 1.165) is 5.92 Å². The van der Waals surface area contributed by atoms with Crippen LogP contribution in [0.25, 0.3) is 0 Å². The lowest BCUT2D eigenvalue weighted by atomic mass is 9.75. The zero-order valence-corrected chi connectivity index (χ0v) is 15.0. The first-order valence-electron chi connectivity index (χ1n) is 8.25. The summed E-state index contributed by atoms with van der Waals surface area (Å²) in [4.78, 5) is 0. The Morgan fingerprint density at radius 2 is 1.74 bits per heavy atom. The average molecular weight is 283 g/mol. The summed E-state index contributed by atoms with van der Waals surface area (Å²) >= 11 is 0. The maximum atomic E-state index is 6.08. The standard InChI is InChI=1S/C17H34OSi/c1-17(2,3)15-11-8-6-7-9-13-16(14-10-12-15)18-19(4)5/h14-15,19H,6-13H2,1-5H3/b16-14+. The molecule has 0 fully saturated rings. The van der Waals surface area contributed by atoms with Crippen LogP contribution in [0.4, 0.5) is 0 Å². The average Bonchev–Trinajstić information content (AvgIpc) is 2.32. The minimum Gasteiger partial charge on any atom is -0.550 e. The summed E-state index contributed by atoms with van der Waals surface area (Å²) < 4.78 is 6.08. The molecule has 0 aromatic heterocycles. The predicted octanol–water partition coefficient (Wildman–Crippen LogP) is 5.67. The van der Waals surface area contributed by atoms with E-state index in [4.69, 9.17) is 4.43 Å². The highest BCUT2D eigenvalue weighted by molar-refractivity contribution is 6.48. The Labute approximate surface area is 122 Å². The van der Waals surface area contributed by atoms with Gasteiger partial charge in [-0.05, 0) is 56.2 Å². The maximum Gasteiger partial charge on any atom is 0.229 e. The Bertz CT molecular complexity index is 275. The van der Waals surface area contributed by atoms with Gasteiger partial charge < -0.3 is 4.43 Å². The fourth-order valence-corrected chi connectivity index (χ4v) is 3.83. The van der Waals surface area contributed by atoms with Crippen LogP contribution in [0.2, 0.25) is 13.1 Å². The van der Waals surface area contributed by atoms with Gasteiger partial charge >= 0.3 is 0 Å². The topological polar surface area (TPSA) is 9.23 Å². The summed E-state index contributed by atoms with van der Waals surface area (Å²) in [5, 5.41) is 0. The molecule has 0 saturated carbocycles. The monoisotopic (exact) mass is 282 g/mol. The van der Waals surface area contributed by atoms with E-state index in [1.54, 1.807) is 0 Å². The van der Waals surface area contributed by atoms with Crippen LogP contribution in [0.1, 0.15) is 72.1 Å². The second kappa shape index (κ2) is 8.14. The van der Waals surface area contributed by atoms with E-state index in [1.807, 2.05) is 0 Å². The molecular weight excluding hydrogens is 248 g/mol. The first-order valence-corrected chi connectivity index (χ1v) is 11.0. The third-order valence-electron chi connectivity index (χ3n) is 4.22. The van der Waals surface area contributed by atoms with Crippen LogP contribution in [-0.4, -0.2) is 9.04 Å². The van der Waals surface area contributed by atoms with E-state index in [-0.39, 0.29) is 0 Å². The van der Waals surface area contributed by atoms with Gasteiger partial charge in [0.1, 0.15) is 0 Å². The Morgan fingerprint density at radius 3 is 2.37 bits per heavy atom. The van der Waals surface area contributed by atoms with Gasteiger partial charge in [-0.2, -0.15) is 0 Å². The predicted molar refractivity (Wildman–Crippen MR) is 87.9 cm³/mol. The molecule has 1 aliphatic rings. The highest BCUT2D eigenvalue weighted by Crippen LogP contribution is 2.35. The first-order chi connectivity index (χ1) is 8.89. The Hall–Kier alpha value is -0.243. The molecule has 2 heteroatoms. The van der Waals surface area contributed by atoms with Crippen LogP contribution in [0.15, 0.2) is 11.8 Å². The molecule has 1 rings (SSSR count). The number of rotatable bonds is 2. The first kappa shape index (κ1) is 16.8. The van der Waals surface area contributed by atoms with Gasteiger partial charge in [-0.25, -0.2) is 0 Å². The summed E-state index contributed by atoms with van der Waals surface area (Å²) in [6, 6.07) is 0. The van der Waals surface area contributed by atoms with Crippen LogP contribution in [0.3, 0.4) is 0 Å². The molecule has 0 N–H and O–H groups in total. The van der Waals surface area contributed by atoms with Gasteiger partial charge in [0.05, 0.1) is 5.76 Å². The van der Waals surface area contributed by atoms with Crippen LogP contribution in [-0.2, 0) is 4.43 Å². The summed E-state index contributed by atoms with van der Waals surface area (Å²) in [5.74, 6) is 2.16. The fraction of sp³-hybridized carbons (Fsp3) is 0.882. The van der Waals surface area contributed by atoms with Crippen LogP contribution in [0, 0.1) is 11.3 Å². The van der Waals surface area contributed by atoms with E-state index in [9.17, 15) is 0 Å². The summed E-state index contributed by atoms with van der Waals surface area (Å²) in [7, 11) is -0.933. The Balaban J connectivity index is 2.62. The minimum absolute atomic E-state index is 0.454. The number of allylic oxidation sites excluding steroid dienone is 2. The lowest BCUT2D eigenvalue weighted by Gasteiger charge is -2.30. The lowest BCUT2D eigenvalue weighted by molar-refractivity contribution is 0.207. The van der Waals surface area contributed by atoms with Gasteiger partial charge in [0, 0.05) is 6.42 Å². The molecule has 1 nitrogen and oxygen atoms in total. The third-order valence-corrected chi connectivity index (χ3v) is 5.00. The van der Waals surface area contributed by atoms with E-state index in [2.05, 4.69) is 39.9 Å². The van der Waals surface area contributed by atoms with E-state index >= 15 is 0 Å². The molecule has 0 amide bonds. The van der Waals surface area contributed by atoms with Crippen molar-refractivity contribution in [3.8, 4) is 0 Å². The Kier molecular flexibility index (Phi) is 7.20. The van der Waals surface area contributed by atoms with E-state index in [1.165, 1.54) is 57.1 Å². The molecule has 0 aromatic rings. The Morgan fingerprint density at radius 1 is 1.05 bits per heavy atom. The number of hydrogen-bond donors (Lipinski definition) is 0. The van der Waals surface area contributed by atoms with Gasteiger partial charge in [-0.3, -0.25) is 0 Å². The quantitative estimate of drug-likeness (QED) is 0.593. The van der Waals surface area contributed by atoms with Crippen molar-refractivity contribution in [1.82, 2.24) is 0 Å². The molecule has 19 heavy (non-hydrogen) atoms. The van der Waals surface area contributed by atoms with Gasteiger partial charge in [0.2, 0.25) is 9.04 Å².